The maximum atomic E-state index is 15.0. The van der Waals surface area contributed by atoms with Crippen molar-refractivity contribution < 1.29 is 8.78 Å². The smallest absolute Gasteiger partial charge is 0.229 e. The lowest BCUT2D eigenvalue weighted by Crippen LogP contribution is -2.58. The Morgan fingerprint density at radius 1 is 1.10 bits per heavy atom. The zero-order valence-electron chi connectivity index (χ0n) is 23.2. The molecule has 0 bridgehead atoms. The summed E-state index contributed by atoms with van der Waals surface area (Å²) in [6.45, 7) is 14.1. The Balaban J connectivity index is 1.34. The summed E-state index contributed by atoms with van der Waals surface area (Å²) >= 11 is 0. The van der Waals surface area contributed by atoms with Crippen molar-refractivity contribution in [2.45, 2.75) is 65.6 Å². The van der Waals surface area contributed by atoms with E-state index in [2.05, 4.69) is 49.3 Å². The van der Waals surface area contributed by atoms with Crippen molar-refractivity contribution >= 4 is 22.8 Å². The number of rotatable bonds is 8. The van der Waals surface area contributed by atoms with Gasteiger partial charge in [-0.05, 0) is 57.9 Å². The molecule has 1 aliphatic heterocycles. The predicted molar refractivity (Wildman–Crippen MR) is 150 cm³/mol. The summed E-state index contributed by atoms with van der Waals surface area (Å²) < 4.78 is 31.8. The van der Waals surface area contributed by atoms with Crippen molar-refractivity contribution in [2.75, 3.05) is 25.0 Å². The van der Waals surface area contributed by atoms with Gasteiger partial charge in [0.25, 0.3) is 0 Å². The molecule has 0 saturated carbocycles. The van der Waals surface area contributed by atoms with Gasteiger partial charge in [0.05, 0.1) is 11.7 Å². The van der Waals surface area contributed by atoms with Crippen LogP contribution in [0.2, 0.25) is 0 Å². The molecule has 0 amide bonds. The minimum absolute atomic E-state index is 0.00733. The van der Waals surface area contributed by atoms with Gasteiger partial charge in [-0.2, -0.15) is 0 Å². The van der Waals surface area contributed by atoms with Gasteiger partial charge in [0.2, 0.25) is 5.95 Å². The Hall–Kier alpha value is -3.50. The van der Waals surface area contributed by atoms with Gasteiger partial charge in [0.15, 0.2) is 11.6 Å². The van der Waals surface area contributed by atoms with Gasteiger partial charge in [-0.1, -0.05) is 19.4 Å². The van der Waals surface area contributed by atoms with E-state index in [1.54, 1.807) is 6.07 Å². The fourth-order valence-corrected chi connectivity index (χ4v) is 5.65. The molecule has 206 valence electrons. The maximum Gasteiger partial charge on any atom is 0.229 e. The van der Waals surface area contributed by atoms with E-state index in [0.717, 1.165) is 50.8 Å². The van der Waals surface area contributed by atoms with E-state index in [0.29, 0.717) is 22.7 Å². The van der Waals surface area contributed by atoms with Gasteiger partial charge >= 0.3 is 0 Å². The van der Waals surface area contributed by atoms with Crippen molar-refractivity contribution in [1.82, 2.24) is 34.7 Å². The van der Waals surface area contributed by atoms with Gasteiger partial charge in [0.1, 0.15) is 22.9 Å². The van der Waals surface area contributed by atoms with Crippen molar-refractivity contribution in [3.05, 3.63) is 59.7 Å². The molecule has 5 rings (SSSR count). The first-order valence-corrected chi connectivity index (χ1v) is 13.6. The van der Waals surface area contributed by atoms with Crippen LogP contribution in [0, 0.1) is 18.6 Å². The highest BCUT2D eigenvalue weighted by atomic mass is 19.1. The second-order valence-corrected chi connectivity index (χ2v) is 11.0. The normalized spacial score (nSPS) is 18.3. The summed E-state index contributed by atoms with van der Waals surface area (Å²) in [6, 6.07) is 6.95. The van der Waals surface area contributed by atoms with E-state index in [1.165, 1.54) is 6.07 Å². The van der Waals surface area contributed by atoms with Crippen LogP contribution in [0.5, 0.6) is 0 Å². The average molecular weight is 535 g/mol. The number of benzene rings is 1. The summed E-state index contributed by atoms with van der Waals surface area (Å²) in [6.07, 6.45) is 5.22. The van der Waals surface area contributed by atoms with Crippen molar-refractivity contribution in [3.63, 3.8) is 0 Å². The quantitative estimate of drug-likeness (QED) is 0.297. The van der Waals surface area contributed by atoms with E-state index >= 15 is 0 Å². The average Bonchev–Trinajstić information content (AvgIpc) is 3.23. The molecule has 3 aromatic heterocycles. The first-order chi connectivity index (χ1) is 18.7. The Morgan fingerprint density at radius 2 is 1.92 bits per heavy atom. The number of pyridine rings is 1. The minimum atomic E-state index is -0.638. The number of anilines is 2. The van der Waals surface area contributed by atoms with E-state index in [1.807, 2.05) is 43.7 Å². The number of hydrogen-bond acceptors (Lipinski definition) is 7. The van der Waals surface area contributed by atoms with Crippen LogP contribution in [-0.4, -0.2) is 54.6 Å². The van der Waals surface area contributed by atoms with E-state index in [9.17, 15) is 8.78 Å². The largest absolute Gasteiger partial charge is 0.326 e. The molecule has 0 unspecified atom stereocenters. The molecule has 10 heteroatoms. The molecule has 0 spiro atoms. The number of fused-ring (bicyclic) bond motifs is 1. The van der Waals surface area contributed by atoms with Gasteiger partial charge < -0.3 is 15.2 Å². The lowest BCUT2D eigenvalue weighted by Gasteiger charge is -2.41. The van der Waals surface area contributed by atoms with Crippen LogP contribution in [0.3, 0.4) is 0 Å². The molecule has 0 radical (unpaired) electrons. The van der Waals surface area contributed by atoms with Gasteiger partial charge in [-0.25, -0.2) is 28.7 Å². The Bertz CT molecular complexity index is 1460. The van der Waals surface area contributed by atoms with Crippen LogP contribution in [0.25, 0.3) is 22.3 Å². The first-order valence-electron chi connectivity index (χ1n) is 13.6. The molecule has 1 saturated heterocycles. The Morgan fingerprint density at radius 3 is 2.64 bits per heavy atom. The molecule has 2 N–H and O–H groups in total. The fraction of sp³-hybridized carbons (Fsp3) is 0.448. The van der Waals surface area contributed by atoms with Crippen molar-refractivity contribution in [1.29, 1.82) is 0 Å². The summed E-state index contributed by atoms with van der Waals surface area (Å²) in [5, 5.41) is 6.71. The summed E-state index contributed by atoms with van der Waals surface area (Å²) in [7, 11) is 0. The Labute approximate surface area is 227 Å². The highest BCUT2D eigenvalue weighted by molar-refractivity contribution is 5.83. The summed E-state index contributed by atoms with van der Waals surface area (Å²) in [4.78, 5) is 19.8. The zero-order chi connectivity index (χ0) is 27.7. The molecule has 1 fully saturated rings. The van der Waals surface area contributed by atoms with E-state index in [4.69, 9.17) is 0 Å². The van der Waals surface area contributed by atoms with Crippen LogP contribution in [0.1, 0.15) is 58.0 Å². The van der Waals surface area contributed by atoms with E-state index in [-0.39, 0.29) is 28.7 Å². The lowest BCUT2D eigenvalue weighted by atomic mass is 9.93. The third-order valence-electron chi connectivity index (χ3n) is 7.28. The zero-order valence-corrected chi connectivity index (χ0v) is 23.2. The standard InChI is InChI=1S/C29H36F2N8/c1-6-9-29(5)17-38(11-10-34-29)16-20-7-8-25(32-14-20)36-28-33-15-23(31)26(37-28)21-12-22(30)27-24(13-21)39(18(2)3)19(4)35-27/h7-8,12-15,18,34H,6,9-11,16-17H2,1-5H3,(H,32,33,36,37)/t29-/m0/s1. The third-order valence-corrected chi connectivity index (χ3v) is 7.28. The number of aryl methyl sites for hydroxylation is 1. The second-order valence-electron chi connectivity index (χ2n) is 11.0. The fourth-order valence-electron chi connectivity index (χ4n) is 5.65. The first kappa shape index (κ1) is 27.1. The van der Waals surface area contributed by atoms with Crippen LogP contribution < -0.4 is 10.6 Å². The highest BCUT2D eigenvalue weighted by Gasteiger charge is 2.29. The second kappa shape index (κ2) is 10.9. The molecular formula is C29H36F2N8. The number of nitrogens with zero attached hydrogens (tertiary/aromatic N) is 6. The topological polar surface area (TPSA) is 83.8 Å². The maximum absolute atomic E-state index is 15.0. The van der Waals surface area contributed by atoms with Crippen LogP contribution in [0.4, 0.5) is 20.5 Å². The summed E-state index contributed by atoms with van der Waals surface area (Å²) in [5.41, 5.74) is 2.44. The van der Waals surface area contributed by atoms with Gasteiger partial charge in [-0.3, -0.25) is 4.90 Å². The van der Waals surface area contributed by atoms with Crippen molar-refractivity contribution in [2.24, 2.45) is 0 Å². The lowest BCUT2D eigenvalue weighted by molar-refractivity contribution is 0.129. The Kier molecular flexibility index (Phi) is 7.59. The molecule has 4 heterocycles. The monoisotopic (exact) mass is 534 g/mol. The van der Waals surface area contributed by atoms with Gasteiger partial charge in [-0.15, -0.1) is 0 Å². The van der Waals surface area contributed by atoms with Crippen LogP contribution in [-0.2, 0) is 6.54 Å². The molecule has 4 aromatic rings. The molecule has 1 atom stereocenters. The number of piperazine rings is 1. The molecule has 1 aliphatic rings. The van der Waals surface area contributed by atoms with E-state index < -0.39 is 11.6 Å². The molecular weight excluding hydrogens is 498 g/mol. The number of halogens is 2. The minimum Gasteiger partial charge on any atom is -0.326 e. The number of aromatic nitrogens is 5. The number of nitrogens with one attached hydrogen (secondary N) is 2. The van der Waals surface area contributed by atoms with Gasteiger partial charge in [0, 0.05) is 49.5 Å². The molecule has 1 aromatic carbocycles. The highest BCUT2D eigenvalue weighted by Crippen LogP contribution is 2.30. The molecule has 39 heavy (non-hydrogen) atoms. The third kappa shape index (κ3) is 5.77. The number of imidazole rings is 1. The molecule has 8 nitrogen and oxygen atoms in total. The summed E-state index contributed by atoms with van der Waals surface area (Å²) in [5.74, 6) is 0.263. The molecule has 0 aliphatic carbocycles. The predicted octanol–water partition coefficient (Wildman–Crippen LogP) is 5.76. The van der Waals surface area contributed by atoms with Crippen LogP contribution >= 0.6 is 0 Å². The number of hydrogen-bond donors (Lipinski definition) is 2. The SMILES string of the molecule is CCC[C@@]1(C)CN(Cc2ccc(Nc3ncc(F)c(-c4cc(F)c5nc(C)n(C(C)C)c5c4)n3)nc2)CCN1. The van der Waals surface area contributed by atoms with Crippen LogP contribution in [0.15, 0.2) is 36.7 Å². The van der Waals surface area contributed by atoms with Crippen molar-refractivity contribution in [3.8, 4) is 11.3 Å².